The molecule has 1 aromatic carbocycles. The number of esters is 1. The molecule has 0 aliphatic carbocycles. The molecule has 0 bridgehead atoms. The fourth-order valence-electron chi connectivity index (χ4n) is 3.55. The predicted octanol–water partition coefficient (Wildman–Crippen LogP) is 3.44. The molecule has 1 aromatic rings. The number of amides is 1. The highest BCUT2D eigenvalue weighted by atomic mass is 16.6. The van der Waals surface area contributed by atoms with E-state index in [-0.39, 0.29) is 24.7 Å². The normalized spacial score (nSPS) is 26.7. The fourth-order valence-corrected chi connectivity index (χ4v) is 3.55. The molecule has 5 heteroatoms. The van der Waals surface area contributed by atoms with Crippen LogP contribution in [0.3, 0.4) is 0 Å². The third-order valence-electron chi connectivity index (χ3n) is 5.25. The quantitative estimate of drug-likeness (QED) is 0.797. The lowest BCUT2D eigenvalue weighted by Crippen LogP contribution is -2.51. The number of cyclic esters (lactones) is 1. The molecule has 5 nitrogen and oxygen atoms in total. The van der Waals surface area contributed by atoms with Gasteiger partial charge in [-0.25, -0.2) is 9.59 Å². The van der Waals surface area contributed by atoms with Crippen LogP contribution >= 0.6 is 0 Å². The summed E-state index contributed by atoms with van der Waals surface area (Å²) in [6.07, 6.45) is 1.33. The highest BCUT2D eigenvalue weighted by Crippen LogP contribution is 2.41. The first-order valence-corrected chi connectivity index (χ1v) is 8.32. The molecule has 1 saturated heterocycles. The van der Waals surface area contributed by atoms with E-state index < -0.39 is 5.60 Å². The van der Waals surface area contributed by atoms with Gasteiger partial charge in [0, 0.05) is 12.1 Å². The van der Waals surface area contributed by atoms with Gasteiger partial charge in [-0.15, -0.1) is 0 Å². The topological polar surface area (TPSA) is 55.8 Å². The zero-order chi connectivity index (χ0) is 17.3. The molecular formula is C19H23NO4. The monoisotopic (exact) mass is 329 g/mol. The van der Waals surface area contributed by atoms with Crippen LogP contribution in [-0.2, 0) is 20.9 Å². The highest BCUT2D eigenvalue weighted by molar-refractivity contribution is 5.92. The largest absolute Gasteiger partial charge is 0.449 e. The molecule has 24 heavy (non-hydrogen) atoms. The average Bonchev–Trinajstić information content (AvgIpc) is 3.15. The summed E-state index contributed by atoms with van der Waals surface area (Å²) >= 11 is 0. The number of rotatable bonds is 3. The molecule has 0 aromatic heterocycles. The Labute approximate surface area is 142 Å². The van der Waals surface area contributed by atoms with Gasteiger partial charge >= 0.3 is 12.1 Å². The lowest BCUT2D eigenvalue weighted by Gasteiger charge is -2.37. The average molecular weight is 329 g/mol. The minimum absolute atomic E-state index is 0.179. The summed E-state index contributed by atoms with van der Waals surface area (Å²) in [6.45, 7) is 6.44. The van der Waals surface area contributed by atoms with Gasteiger partial charge in [0.1, 0.15) is 6.61 Å². The first-order chi connectivity index (χ1) is 11.4. The van der Waals surface area contributed by atoms with Crippen LogP contribution in [0.1, 0.15) is 39.2 Å². The Bertz CT molecular complexity index is 682. The smallest absolute Gasteiger partial charge is 0.410 e. The molecule has 2 heterocycles. The van der Waals surface area contributed by atoms with Crippen molar-refractivity contribution in [2.45, 2.75) is 51.9 Å². The van der Waals surface area contributed by atoms with E-state index in [9.17, 15) is 9.59 Å². The highest BCUT2D eigenvalue weighted by Gasteiger charge is 2.51. The van der Waals surface area contributed by atoms with Gasteiger partial charge in [0.25, 0.3) is 0 Å². The summed E-state index contributed by atoms with van der Waals surface area (Å²) < 4.78 is 11.1. The predicted molar refractivity (Wildman–Crippen MR) is 89.2 cm³/mol. The second kappa shape index (κ2) is 6.30. The van der Waals surface area contributed by atoms with E-state index in [1.165, 1.54) is 0 Å². The summed E-state index contributed by atoms with van der Waals surface area (Å²) in [7, 11) is 0. The maximum absolute atomic E-state index is 12.5. The van der Waals surface area contributed by atoms with Crippen molar-refractivity contribution in [3.05, 3.63) is 47.0 Å². The van der Waals surface area contributed by atoms with Gasteiger partial charge in [0.2, 0.25) is 0 Å². The van der Waals surface area contributed by atoms with Crippen molar-refractivity contribution in [3.63, 3.8) is 0 Å². The van der Waals surface area contributed by atoms with E-state index >= 15 is 0 Å². The molecule has 2 aliphatic rings. The van der Waals surface area contributed by atoms with Crippen LogP contribution in [0.25, 0.3) is 0 Å². The summed E-state index contributed by atoms with van der Waals surface area (Å²) in [4.78, 5) is 26.2. The summed E-state index contributed by atoms with van der Waals surface area (Å²) in [6, 6.07) is 9.42. The summed E-state index contributed by atoms with van der Waals surface area (Å²) in [5.41, 5.74) is 1.73. The van der Waals surface area contributed by atoms with Crippen LogP contribution in [0.5, 0.6) is 0 Å². The van der Waals surface area contributed by atoms with E-state index in [0.717, 1.165) is 24.0 Å². The first-order valence-electron chi connectivity index (χ1n) is 8.32. The number of carbonyl (C=O) groups is 2. The Morgan fingerprint density at radius 2 is 2.04 bits per heavy atom. The molecule has 1 amide bonds. The molecule has 2 atom stereocenters. The third-order valence-corrected chi connectivity index (χ3v) is 5.25. The Morgan fingerprint density at radius 3 is 2.67 bits per heavy atom. The van der Waals surface area contributed by atoms with Crippen molar-refractivity contribution in [2.75, 3.05) is 6.54 Å². The van der Waals surface area contributed by atoms with Crippen LogP contribution in [-0.4, -0.2) is 35.2 Å². The second-order valence-corrected chi connectivity index (χ2v) is 6.64. The first kappa shape index (κ1) is 16.6. The zero-order valence-electron chi connectivity index (χ0n) is 14.4. The van der Waals surface area contributed by atoms with Crippen molar-refractivity contribution < 1.29 is 19.1 Å². The Kier molecular flexibility index (Phi) is 4.35. The van der Waals surface area contributed by atoms with E-state index in [1.807, 2.05) is 44.2 Å². The molecule has 0 spiro atoms. The summed E-state index contributed by atoms with van der Waals surface area (Å²) in [5.74, 6) is -0.292. The van der Waals surface area contributed by atoms with Crippen LogP contribution in [0, 0.1) is 0 Å². The number of nitrogens with zero attached hydrogens (tertiary/aromatic N) is 1. The number of benzene rings is 1. The summed E-state index contributed by atoms with van der Waals surface area (Å²) in [5, 5.41) is 0. The Hall–Kier alpha value is -2.30. The molecule has 3 rings (SSSR count). The molecule has 0 unspecified atom stereocenters. The van der Waals surface area contributed by atoms with Crippen molar-refractivity contribution in [1.29, 1.82) is 0 Å². The molecule has 128 valence electrons. The van der Waals surface area contributed by atoms with Crippen LogP contribution < -0.4 is 0 Å². The molecule has 0 saturated carbocycles. The van der Waals surface area contributed by atoms with Gasteiger partial charge in [-0.2, -0.15) is 0 Å². The lowest BCUT2D eigenvalue weighted by atomic mass is 9.86. The second-order valence-electron chi connectivity index (χ2n) is 6.64. The van der Waals surface area contributed by atoms with E-state index in [0.29, 0.717) is 12.1 Å². The minimum atomic E-state index is -0.760. The molecule has 1 fully saturated rings. The lowest BCUT2D eigenvalue weighted by molar-refractivity contribution is -0.149. The van der Waals surface area contributed by atoms with Crippen molar-refractivity contribution in [1.82, 2.24) is 4.90 Å². The van der Waals surface area contributed by atoms with Gasteiger partial charge < -0.3 is 14.4 Å². The number of ether oxygens (including phenoxy) is 2. The number of hydrogen-bond acceptors (Lipinski definition) is 4. The van der Waals surface area contributed by atoms with E-state index in [1.54, 1.807) is 11.8 Å². The Balaban J connectivity index is 1.72. The number of likely N-dealkylation sites (tertiary alicyclic amines) is 1. The van der Waals surface area contributed by atoms with E-state index in [2.05, 4.69) is 0 Å². The van der Waals surface area contributed by atoms with Crippen LogP contribution in [0.15, 0.2) is 41.5 Å². The minimum Gasteiger partial charge on any atom is -0.449 e. The van der Waals surface area contributed by atoms with Crippen molar-refractivity contribution >= 4 is 12.1 Å². The van der Waals surface area contributed by atoms with Crippen LogP contribution in [0.2, 0.25) is 0 Å². The third kappa shape index (κ3) is 2.79. The molecule has 0 radical (unpaired) electrons. The van der Waals surface area contributed by atoms with Gasteiger partial charge in [-0.1, -0.05) is 30.3 Å². The van der Waals surface area contributed by atoms with Crippen LogP contribution in [0.4, 0.5) is 4.79 Å². The van der Waals surface area contributed by atoms with Crippen molar-refractivity contribution in [3.8, 4) is 0 Å². The van der Waals surface area contributed by atoms with E-state index in [4.69, 9.17) is 9.47 Å². The maximum Gasteiger partial charge on any atom is 0.410 e. The molecular weight excluding hydrogens is 306 g/mol. The Morgan fingerprint density at radius 1 is 1.33 bits per heavy atom. The fraction of sp³-hybridized carbons (Fsp3) is 0.474. The number of hydrogen-bond donors (Lipinski definition) is 0. The van der Waals surface area contributed by atoms with Gasteiger partial charge in [0.15, 0.2) is 5.60 Å². The van der Waals surface area contributed by atoms with Gasteiger partial charge in [-0.3, -0.25) is 0 Å². The zero-order valence-corrected chi connectivity index (χ0v) is 14.4. The SMILES string of the molecule is CC1=C(C)[C@@](C)([C@H]2CCCN2C(=O)OCc2ccccc2)OC1=O. The van der Waals surface area contributed by atoms with Crippen molar-refractivity contribution in [2.24, 2.45) is 0 Å². The van der Waals surface area contributed by atoms with Gasteiger partial charge in [0.05, 0.1) is 6.04 Å². The standard InChI is InChI=1S/C19H23NO4/c1-13-14(2)19(3,24-17(13)21)16-10-7-11-20(16)18(22)23-12-15-8-5-4-6-9-15/h4-6,8-9,16H,7,10-12H2,1-3H3/t16-,19+/m1/s1. The molecule has 0 N–H and O–H groups in total. The maximum atomic E-state index is 12.5. The van der Waals surface area contributed by atoms with Gasteiger partial charge in [-0.05, 0) is 44.7 Å². The molecule has 2 aliphatic heterocycles. The number of carbonyl (C=O) groups excluding carboxylic acids is 2.